The van der Waals surface area contributed by atoms with E-state index in [9.17, 15) is 4.79 Å². The van der Waals surface area contributed by atoms with Crippen LogP contribution in [0.25, 0.3) is 10.8 Å². The predicted octanol–water partition coefficient (Wildman–Crippen LogP) is 4.67. The number of carboxylic acid groups (broad SMARTS) is 1. The number of thioether (sulfide) groups is 1. The first kappa shape index (κ1) is 17.9. The second kappa shape index (κ2) is 8.01. The lowest BCUT2D eigenvalue weighted by molar-refractivity contribution is -0.133. The number of rotatable bonds is 6. The summed E-state index contributed by atoms with van der Waals surface area (Å²) in [5, 5.41) is 19.1. The maximum Gasteiger partial charge on any atom is 0.313 e. The highest BCUT2D eigenvalue weighted by Gasteiger charge is 2.26. The minimum absolute atomic E-state index is 0.0280. The Morgan fingerprint density at radius 2 is 2.04 bits per heavy atom. The van der Waals surface area contributed by atoms with Crippen LogP contribution in [0.15, 0.2) is 46.6 Å². The fourth-order valence-corrected chi connectivity index (χ4v) is 3.34. The van der Waals surface area contributed by atoms with Gasteiger partial charge < -0.3 is 10.0 Å². The number of anilines is 1. The Morgan fingerprint density at radius 3 is 2.72 bits per heavy atom. The van der Waals surface area contributed by atoms with Gasteiger partial charge in [0, 0.05) is 12.4 Å². The normalized spacial score (nSPS) is 15.0. The first-order valence-corrected chi connectivity index (χ1v) is 9.76. The average molecular weight is 420 g/mol. The van der Waals surface area contributed by atoms with Gasteiger partial charge in [-0.2, -0.15) is 0 Å². The van der Waals surface area contributed by atoms with Crippen LogP contribution in [-0.2, 0) is 4.79 Å². The van der Waals surface area contributed by atoms with Gasteiger partial charge in [0.2, 0.25) is 0 Å². The lowest BCUT2D eigenvalue weighted by Crippen LogP contribution is -2.21. The van der Waals surface area contributed by atoms with Crippen LogP contribution in [0.3, 0.4) is 0 Å². The highest BCUT2D eigenvalue weighted by Crippen LogP contribution is 2.44. The summed E-state index contributed by atoms with van der Waals surface area (Å²) >= 11 is 4.53. The Hall–Kier alpha value is -1.86. The van der Waals surface area contributed by atoms with E-state index in [1.165, 1.54) is 34.7 Å². The molecule has 1 aliphatic rings. The van der Waals surface area contributed by atoms with Crippen LogP contribution in [0.2, 0.25) is 0 Å². The maximum absolute atomic E-state index is 10.5. The van der Waals surface area contributed by atoms with Gasteiger partial charge in [0.15, 0.2) is 4.74 Å². The summed E-state index contributed by atoms with van der Waals surface area (Å²) in [4.78, 5) is 12.4. The van der Waals surface area contributed by atoms with Crippen LogP contribution in [0, 0.1) is 0 Å². The van der Waals surface area contributed by atoms with Crippen LogP contribution in [0.5, 0.6) is 0 Å². The SMILES string of the molecule is CN(/C(Br)=N\N=C\SCC(=O)O)c1ccc(C2CC2)c2ccccc12. The number of carboxylic acids is 1. The molecular formula is C18H18BrN3O2S. The molecule has 1 saturated carbocycles. The summed E-state index contributed by atoms with van der Waals surface area (Å²) in [6, 6.07) is 12.7. The molecule has 0 aliphatic heterocycles. The first-order chi connectivity index (χ1) is 12.1. The lowest BCUT2D eigenvalue weighted by atomic mass is 9.99. The monoisotopic (exact) mass is 419 g/mol. The summed E-state index contributed by atoms with van der Waals surface area (Å²) in [6.45, 7) is 0. The zero-order valence-corrected chi connectivity index (χ0v) is 16.1. The van der Waals surface area contributed by atoms with E-state index in [1.54, 1.807) is 0 Å². The Bertz CT molecular complexity index is 849. The third-order valence-electron chi connectivity index (χ3n) is 4.06. The molecule has 3 rings (SSSR count). The van der Waals surface area contributed by atoms with Gasteiger partial charge >= 0.3 is 5.97 Å². The summed E-state index contributed by atoms with van der Waals surface area (Å²) in [6.07, 6.45) is 2.54. The van der Waals surface area contributed by atoms with E-state index in [1.807, 2.05) is 18.0 Å². The number of nitrogens with zero attached hydrogens (tertiary/aromatic N) is 3. The molecule has 0 radical (unpaired) electrons. The van der Waals surface area contributed by atoms with Crippen molar-refractivity contribution in [2.45, 2.75) is 18.8 Å². The van der Waals surface area contributed by atoms with Crippen LogP contribution < -0.4 is 4.90 Å². The Kier molecular flexibility index (Phi) is 5.75. The smallest absolute Gasteiger partial charge is 0.313 e. The topological polar surface area (TPSA) is 65.3 Å². The second-order valence-electron chi connectivity index (χ2n) is 5.85. The fraction of sp³-hybridized carbons (Fsp3) is 0.278. The fourth-order valence-electron chi connectivity index (χ4n) is 2.73. The van der Waals surface area contributed by atoms with Gasteiger partial charge in [0.1, 0.15) is 0 Å². The molecule has 0 bridgehead atoms. The third-order valence-corrected chi connectivity index (χ3v) is 5.41. The van der Waals surface area contributed by atoms with E-state index in [0.717, 1.165) is 17.4 Å². The molecule has 0 spiro atoms. The predicted molar refractivity (Wildman–Crippen MR) is 109 cm³/mol. The van der Waals surface area contributed by atoms with Crippen molar-refractivity contribution in [1.82, 2.24) is 0 Å². The van der Waals surface area contributed by atoms with Crippen molar-refractivity contribution in [3.8, 4) is 0 Å². The molecule has 25 heavy (non-hydrogen) atoms. The Labute approximate surface area is 158 Å². The summed E-state index contributed by atoms with van der Waals surface area (Å²) in [5.41, 5.74) is 3.89. The summed E-state index contributed by atoms with van der Waals surface area (Å²) in [5.74, 6) is -0.212. The average Bonchev–Trinajstić information content (AvgIpc) is 3.44. The molecule has 0 heterocycles. The molecule has 130 valence electrons. The molecule has 0 saturated heterocycles. The first-order valence-electron chi connectivity index (χ1n) is 7.91. The van der Waals surface area contributed by atoms with Gasteiger partial charge in [-0.1, -0.05) is 30.3 Å². The number of fused-ring (bicyclic) bond motifs is 1. The molecule has 0 atom stereocenters. The minimum atomic E-state index is -0.876. The van der Waals surface area contributed by atoms with Gasteiger partial charge in [0.05, 0.1) is 17.0 Å². The van der Waals surface area contributed by atoms with Gasteiger partial charge in [-0.3, -0.25) is 4.79 Å². The van der Waals surface area contributed by atoms with Gasteiger partial charge in [0.25, 0.3) is 0 Å². The molecule has 1 N–H and O–H groups in total. The van der Waals surface area contributed by atoms with Gasteiger partial charge in [-0.25, -0.2) is 0 Å². The minimum Gasteiger partial charge on any atom is -0.481 e. The molecule has 7 heteroatoms. The molecule has 0 amide bonds. The lowest BCUT2D eigenvalue weighted by Gasteiger charge is -2.20. The number of hydrogen-bond acceptors (Lipinski definition) is 4. The van der Waals surface area contributed by atoms with Gasteiger partial charge in [-0.15, -0.1) is 22.0 Å². The molecule has 0 aromatic heterocycles. The van der Waals surface area contributed by atoms with Crippen LogP contribution >= 0.6 is 27.7 Å². The van der Waals surface area contributed by atoms with E-state index in [4.69, 9.17) is 5.11 Å². The van der Waals surface area contributed by atoms with E-state index in [2.05, 4.69) is 56.5 Å². The van der Waals surface area contributed by atoms with Crippen molar-refractivity contribution >= 4 is 60.4 Å². The van der Waals surface area contributed by atoms with E-state index < -0.39 is 5.97 Å². The second-order valence-corrected chi connectivity index (χ2v) is 7.39. The van der Waals surface area contributed by atoms with Crippen LogP contribution in [0.4, 0.5) is 5.69 Å². The van der Waals surface area contributed by atoms with Crippen molar-refractivity contribution in [3.63, 3.8) is 0 Å². The van der Waals surface area contributed by atoms with Crippen LogP contribution in [0.1, 0.15) is 24.3 Å². The maximum atomic E-state index is 10.5. The molecule has 2 aromatic carbocycles. The van der Waals surface area contributed by atoms with E-state index in [0.29, 0.717) is 10.7 Å². The van der Waals surface area contributed by atoms with E-state index in [-0.39, 0.29) is 5.75 Å². The zero-order valence-electron chi connectivity index (χ0n) is 13.7. The van der Waals surface area contributed by atoms with Crippen molar-refractivity contribution < 1.29 is 9.90 Å². The molecule has 0 unspecified atom stereocenters. The zero-order chi connectivity index (χ0) is 17.8. The van der Waals surface area contributed by atoms with Crippen molar-refractivity contribution in [1.29, 1.82) is 0 Å². The standard InChI is InChI=1S/C18H18BrN3O2S/c1-22(18(19)21-20-11-25-10-17(23)24)16-9-8-13(12-6-7-12)14-4-2-3-5-15(14)16/h2-5,8-9,11-12H,6-7,10H2,1H3,(H,23,24)/b20-11+,21-18-. The number of hydrogen-bond donors (Lipinski definition) is 1. The van der Waals surface area contributed by atoms with Crippen molar-refractivity contribution in [3.05, 3.63) is 42.0 Å². The number of carbonyl (C=O) groups is 1. The van der Waals surface area contributed by atoms with Crippen molar-refractivity contribution in [2.24, 2.45) is 10.2 Å². The number of amidine groups is 1. The Balaban J connectivity index is 1.83. The van der Waals surface area contributed by atoms with Gasteiger partial charge in [-0.05, 0) is 51.7 Å². The molecular weight excluding hydrogens is 402 g/mol. The van der Waals surface area contributed by atoms with Crippen molar-refractivity contribution in [2.75, 3.05) is 17.7 Å². The molecule has 1 fully saturated rings. The number of halogens is 1. The highest BCUT2D eigenvalue weighted by atomic mass is 79.9. The van der Waals surface area contributed by atoms with Crippen LogP contribution in [-0.4, -0.2) is 34.2 Å². The number of benzene rings is 2. The Morgan fingerprint density at radius 1 is 1.32 bits per heavy atom. The summed E-state index contributed by atoms with van der Waals surface area (Å²) < 4.78 is 0.559. The molecule has 1 aliphatic carbocycles. The summed E-state index contributed by atoms with van der Waals surface area (Å²) in [7, 11) is 1.92. The van der Waals surface area contributed by atoms with E-state index >= 15 is 0 Å². The largest absolute Gasteiger partial charge is 0.481 e. The third kappa shape index (κ3) is 4.41. The quantitative estimate of drug-likeness (QED) is 0.319. The highest BCUT2D eigenvalue weighted by molar-refractivity contribution is 9.18. The molecule has 5 nitrogen and oxygen atoms in total. The number of aliphatic carboxylic acids is 1. The molecule has 2 aromatic rings.